The van der Waals surface area contributed by atoms with Crippen molar-refractivity contribution in [2.45, 2.75) is 64.4 Å². The molecule has 0 amide bonds. The Morgan fingerprint density at radius 2 is 1.89 bits per heavy atom. The van der Waals surface area contributed by atoms with Crippen LogP contribution in [0.5, 0.6) is 5.75 Å². The van der Waals surface area contributed by atoms with Gasteiger partial charge in [0.1, 0.15) is 0 Å². The molecule has 1 saturated carbocycles. The normalized spacial score (nSPS) is 23.2. The molecule has 1 aromatic carbocycles. The van der Waals surface area contributed by atoms with E-state index in [9.17, 15) is 18.3 Å². The molecule has 1 heterocycles. The van der Waals surface area contributed by atoms with E-state index in [0.717, 1.165) is 31.4 Å². The number of fused-ring (bicyclic) bond motifs is 1. The fourth-order valence-corrected chi connectivity index (χ4v) is 3.81. The molecule has 4 nitrogen and oxygen atoms in total. The number of alkyl halides is 2. The molecule has 0 saturated heterocycles. The van der Waals surface area contributed by atoms with Crippen molar-refractivity contribution in [1.29, 1.82) is 0 Å². The van der Waals surface area contributed by atoms with Crippen LogP contribution in [0.15, 0.2) is 18.2 Å². The minimum Gasteiger partial charge on any atom is -0.432 e. The van der Waals surface area contributed by atoms with Gasteiger partial charge in [-0.1, -0.05) is 26.0 Å². The Bertz CT molecular complexity index is 688. The van der Waals surface area contributed by atoms with E-state index in [0.29, 0.717) is 18.7 Å². The van der Waals surface area contributed by atoms with Crippen molar-refractivity contribution in [3.63, 3.8) is 0 Å². The maximum Gasteiger partial charge on any atom is 0.387 e. The zero-order valence-electron chi connectivity index (χ0n) is 16.3. The Kier molecular flexibility index (Phi) is 6.88. The summed E-state index contributed by atoms with van der Waals surface area (Å²) in [6.07, 6.45) is 6.94. The first-order valence-electron chi connectivity index (χ1n) is 9.86. The first kappa shape index (κ1) is 21.0. The molecule has 1 aromatic rings. The van der Waals surface area contributed by atoms with Crippen LogP contribution in [0.1, 0.15) is 45.1 Å². The van der Waals surface area contributed by atoms with Crippen LogP contribution in [0.4, 0.5) is 18.9 Å². The van der Waals surface area contributed by atoms with Gasteiger partial charge in [-0.05, 0) is 37.7 Å². The lowest BCUT2D eigenvalue weighted by atomic mass is 9.90. The number of aliphatic hydroxyl groups is 1. The molecule has 0 aromatic heterocycles. The standard InChI is InChI=1S/C21H28F3NO3/c1-13(2)19(26)12-27-16-7-5-15(6-8-16)25-9-3-4-14-10-17(22)20(11-18(14)25)28-21(23)24/h3-4,10-11,13,15-16,19,21,26H,5-9,12H2,1-2H3. The van der Waals surface area contributed by atoms with Gasteiger partial charge in [-0.2, -0.15) is 8.78 Å². The Morgan fingerprint density at radius 1 is 1.18 bits per heavy atom. The van der Waals surface area contributed by atoms with Crippen LogP contribution < -0.4 is 9.64 Å². The van der Waals surface area contributed by atoms with E-state index in [1.54, 1.807) is 0 Å². The molecule has 0 radical (unpaired) electrons. The summed E-state index contributed by atoms with van der Waals surface area (Å²) in [6.45, 7) is 1.85. The highest BCUT2D eigenvalue weighted by Crippen LogP contribution is 2.37. The van der Waals surface area contributed by atoms with E-state index in [2.05, 4.69) is 9.64 Å². The summed E-state index contributed by atoms with van der Waals surface area (Å²) < 4.78 is 49.3. The summed E-state index contributed by atoms with van der Waals surface area (Å²) >= 11 is 0. The summed E-state index contributed by atoms with van der Waals surface area (Å²) in [6, 6.07) is 2.85. The van der Waals surface area contributed by atoms with E-state index < -0.39 is 24.3 Å². The molecule has 1 atom stereocenters. The minimum absolute atomic E-state index is 0.121. The van der Waals surface area contributed by atoms with E-state index in [1.807, 2.05) is 26.0 Å². The average molecular weight is 399 g/mol. The van der Waals surface area contributed by atoms with Crippen LogP contribution in [0, 0.1) is 11.7 Å². The number of ether oxygens (including phenoxy) is 2. The third-order valence-corrected chi connectivity index (χ3v) is 5.56. The zero-order valence-corrected chi connectivity index (χ0v) is 16.3. The number of rotatable bonds is 7. The molecular weight excluding hydrogens is 371 g/mol. The molecular formula is C21H28F3NO3. The molecule has 0 spiro atoms. The number of anilines is 1. The predicted octanol–water partition coefficient (Wildman–Crippen LogP) is 4.61. The van der Waals surface area contributed by atoms with Gasteiger partial charge in [-0.15, -0.1) is 0 Å². The Hall–Kier alpha value is -1.73. The van der Waals surface area contributed by atoms with Gasteiger partial charge in [0.2, 0.25) is 0 Å². The first-order valence-corrected chi connectivity index (χ1v) is 9.86. The number of nitrogens with zero attached hydrogens (tertiary/aromatic N) is 1. The van der Waals surface area contributed by atoms with Crippen molar-refractivity contribution in [2.24, 2.45) is 5.92 Å². The van der Waals surface area contributed by atoms with Crippen LogP contribution in [0.2, 0.25) is 0 Å². The van der Waals surface area contributed by atoms with Gasteiger partial charge in [0.05, 0.1) is 18.8 Å². The van der Waals surface area contributed by atoms with Crippen LogP contribution in [-0.2, 0) is 4.74 Å². The van der Waals surface area contributed by atoms with Crippen LogP contribution in [0.3, 0.4) is 0 Å². The Balaban J connectivity index is 1.64. The smallest absolute Gasteiger partial charge is 0.387 e. The maximum atomic E-state index is 14.0. The molecule has 2 aliphatic rings. The quantitative estimate of drug-likeness (QED) is 0.727. The number of halogens is 3. The number of hydrogen-bond acceptors (Lipinski definition) is 4. The first-order chi connectivity index (χ1) is 13.3. The molecule has 1 N–H and O–H groups in total. The second-order valence-electron chi connectivity index (χ2n) is 7.85. The van der Waals surface area contributed by atoms with E-state index >= 15 is 0 Å². The van der Waals surface area contributed by atoms with E-state index in [-0.39, 0.29) is 18.1 Å². The monoisotopic (exact) mass is 399 g/mol. The molecule has 1 aliphatic heterocycles. The van der Waals surface area contributed by atoms with Gasteiger partial charge < -0.3 is 19.5 Å². The Morgan fingerprint density at radius 3 is 2.54 bits per heavy atom. The summed E-state index contributed by atoms with van der Waals surface area (Å²) in [5, 5.41) is 9.90. The molecule has 156 valence electrons. The number of benzene rings is 1. The molecule has 1 unspecified atom stereocenters. The summed E-state index contributed by atoms with van der Waals surface area (Å²) in [5.74, 6) is -1.04. The third-order valence-electron chi connectivity index (χ3n) is 5.56. The van der Waals surface area contributed by atoms with Gasteiger partial charge in [-0.25, -0.2) is 4.39 Å². The highest BCUT2D eigenvalue weighted by molar-refractivity contribution is 5.73. The van der Waals surface area contributed by atoms with Gasteiger partial charge >= 0.3 is 6.61 Å². The van der Waals surface area contributed by atoms with Gasteiger partial charge in [0.25, 0.3) is 0 Å². The Labute approximate surface area is 163 Å². The maximum absolute atomic E-state index is 14.0. The number of hydrogen-bond donors (Lipinski definition) is 1. The molecule has 3 rings (SSSR count). The zero-order chi connectivity index (χ0) is 20.3. The van der Waals surface area contributed by atoms with Gasteiger partial charge in [0.15, 0.2) is 11.6 Å². The molecule has 7 heteroatoms. The van der Waals surface area contributed by atoms with Crippen molar-refractivity contribution < 1.29 is 27.8 Å². The summed E-state index contributed by atoms with van der Waals surface area (Å²) in [4.78, 5) is 2.13. The molecule has 28 heavy (non-hydrogen) atoms. The fraction of sp³-hybridized carbons (Fsp3) is 0.619. The average Bonchev–Trinajstić information content (AvgIpc) is 2.66. The molecule has 1 fully saturated rings. The van der Waals surface area contributed by atoms with Crippen LogP contribution >= 0.6 is 0 Å². The van der Waals surface area contributed by atoms with Crippen molar-refractivity contribution in [2.75, 3.05) is 18.1 Å². The molecule has 1 aliphatic carbocycles. The van der Waals surface area contributed by atoms with E-state index in [1.165, 1.54) is 12.1 Å². The van der Waals surface area contributed by atoms with E-state index in [4.69, 9.17) is 4.74 Å². The highest BCUT2D eigenvalue weighted by Gasteiger charge is 2.29. The largest absolute Gasteiger partial charge is 0.432 e. The lowest BCUT2D eigenvalue weighted by molar-refractivity contribution is -0.0521. The van der Waals surface area contributed by atoms with Gasteiger partial charge in [-0.3, -0.25) is 0 Å². The second kappa shape index (κ2) is 9.18. The summed E-state index contributed by atoms with van der Waals surface area (Å²) in [7, 11) is 0. The van der Waals surface area contributed by atoms with Crippen LogP contribution in [0.25, 0.3) is 6.08 Å². The summed E-state index contributed by atoms with van der Waals surface area (Å²) in [5.41, 5.74) is 1.39. The minimum atomic E-state index is -3.06. The lowest BCUT2D eigenvalue weighted by Gasteiger charge is -2.40. The fourth-order valence-electron chi connectivity index (χ4n) is 3.81. The topological polar surface area (TPSA) is 41.9 Å². The predicted molar refractivity (Wildman–Crippen MR) is 102 cm³/mol. The highest BCUT2D eigenvalue weighted by atomic mass is 19.3. The number of aliphatic hydroxyl groups excluding tert-OH is 1. The third kappa shape index (κ3) is 5.00. The lowest BCUT2D eigenvalue weighted by Crippen LogP contribution is -2.41. The van der Waals surface area contributed by atoms with Crippen molar-refractivity contribution in [3.8, 4) is 5.75 Å². The van der Waals surface area contributed by atoms with Crippen molar-refractivity contribution >= 4 is 11.8 Å². The second-order valence-corrected chi connectivity index (χ2v) is 7.85. The van der Waals surface area contributed by atoms with Gasteiger partial charge in [0, 0.05) is 29.9 Å². The SMILES string of the molecule is CC(C)C(O)COC1CCC(N2CC=Cc3cc(F)c(OC(F)F)cc32)CC1. The van der Waals surface area contributed by atoms with Crippen molar-refractivity contribution in [1.82, 2.24) is 0 Å². The van der Waals surface area contributed by atoms with Crippen molar-refractivity contribution in [3.05, 3.63) is 29.6 Å². The van der Waals surface area contributed by atoms with Crippen LogP contribution in [-0.4, -0.2) is 43.1 Å². The molecule has 0 bridgehead atoms.